The van der Waals surface area contributed by atoms with E-state index in [4.69, 9.17) is 0 Å². The Kier molecular flexibility index (Phi) is 4.70. The molecule has 0 saturated carbocycles. The lowest BCUT2D eigenvalue weighted by Crippen LogP contribution is -1.96. The van der Waals surface area contributed by atoms with Gasteiger partial charge in [-0.05, 0) is 17.7 Å². The fraction of sp³-hybridized carbons (Fsp3) is 0.308. The first kappa shape index (κ1) is 12.4. The monoisotopic (exact) mass is 220 g/mol. The van der Waals surface area contributed by atoms with E-state index in [1.807, 2.05) is 31.5 Å². The lowest BCUT2D eigenvalue weighted by molar-refractivity contribution is 0.625. The highest BCUT2D eigenvalue weighted by Crippen LogP contribution is 2.09. The summed E-state index contributed by atoms with van der Waals surface area (Å²) >= 11 is 0. The molecule has 1 heterocycles. The van der Waals surface area contributed by atoms with Gasteiger partial charge in [-0.1, -0.05) is 26.0 Å². The average molecular weight is 220 g/mol. The second-order valence-electron chi connectivity index (χ2n) is 3.30. The van der Waals surface area contributed by atoms with Crippen LogP contribution in [0.2, 0.25) is 0 Å². The van der Waals surface area contributed by atoms with Gasteiger partial charge in [-0.3, -0.25) is 0 Å². The summed E-state index contributed by atoms with van der Waals surface area (Å²) < 4.78 is 14.8. The third-order valence-corrected chi connectivity index (χ3v) is 2.19. The van der Waals surface area contributed by atoms with E-state index in [1.165, 1.54) is 6.07 Å². The van der Waals surface area contributed by atoms with E-state index in [0.717, 1.165) is 11.3 Å². The highest BCUT2D eigenvalue weighted by atomic mass is 19.1. The molecule has 0 aliphatic rings. The van der Waals surface area contributed by atoms with Crippen molar-refractivity contribution in [1.82, 2.24) is 9.55 Å². The molecule has 0 amide bonds. The summed E-state index contributed by atoms with van der Waals surface area (Å²) in [6.07, 6.45) is 4.26. The van der Waals surface area contributed by atoms with Gasteiger partial charge in [0, 0.05) is 25.4 Å². The molecule has 3 heteroatoms. The van der Waals surface area contributed by atoms with Crippen LogP contribution in [-0.2, 0) is 13.5 Å². The molecule has 0 atom stereocenters. The van der Waals surface area contributed by atoms with Crippen molar-refractivity contribution in [1.29, 1.82) is 0 Å². The Labute approximate surface area is 95.8 Å². The lowest BCUT2D eigenvalue weighted by Gasteiger charge is -2.02. The molecule has 0 aliphatic carbocycles. The second kappa shape index (κ2) is 6.05. The Hall–Kier alpha value is -1.64. The molecule has 0 bridgehead atoms. The van der Waals surface area contributed by atoms with Gasteiger partial charge < -0.3 is 4.57 Å². The number of imidazole rings is 1. The fourth-order valence-corrected chi connectivity index (χ4v) is 1.41. The summed E-state index contributed by atoms with van der Waals surface area (Å²) in [7, 11) is 1.93. The molecule has 0 spiro atoms. The Morgan fingerprint density at radius 3 is 2.62 bits per heavy atom. The zero-order valence-corrected chi connectivity index (χ0v) is 9.94. The summed E-state index contributed by atoms with van der Waals surface area (Å²) in [5.41, 5.74) is 2.05. The molecule has 2 rings (SSSR count). The first-order valence-corrected chi connectivity index (χ1v) is 5.45. The van der Waals surface area contributed by atoms with E-state index in [-0.39, 0.29) is 5.82 Å². The van der Waals surface area contributed by atoms with E-state index in [2.05, 4.69) is 4.98 Å². The van der Waals surface area contributed by atoms with Crippen LogP contribution in [0.3, 0.4) is 0 Å². The van der Waals surface area contributed by atoms with Crippen LogP contribution in [0, 0.1) is 5.82 Å². The normalized spacial score (nSPS) is 9.50. The molecule has 0 aliphatic heterocycles. The molecule has 0 fully saturated rings. The Bertz CT molecular complexity index is 435. The quantitative estimate of drug-likeness (QED) is 0.760. The zero-order chi connectivity index (χ0) is 12.0. The Balaban J connectivity index is 0.000000606. The van der Waals surface area contributed by atoms with Gasteiger partial charge in [0.2, 0.25) is 0 Å². The van der Waals surface area contributed by atoms with E-state index in [9.17, 15) is 4.39 Å². The second-order valence-corrected chi connectivity index (χ2v) is 3.30. The smallest absolute Gasteiger partial charge is 0.123 e. The van der Waals surface area contributed by atoms with Crippen molar-refractivity contribution >= 4 is 0 Å². The molecule has 0 radical (unpaired) electrons. The lowest BCUT2D eigenvalue weighted by atomic mass is 10.1. The van der Waals surface area contributed by atoms with E-state index in [1.54, 1.807) is 24.7 Å². The van der Waals surface area contributed by atoms with E-state index < -0.39 is 0 Å². The minimum atomic E-state index is -0.190. The highest BCUT2D eigenvalue weighted by molar-refractivity contribution is 5.21. The van der Waals surface area contributed by atoms with E-state index in [0.29, 0.717) is 6.42 Å². The molecule has 2 aromatic rings. The predicted octanol–water partition coefficient (Wildman–Crippen LogP) is 3.18. The third kappa shape index (κ3) is 3.19. The molecule has 16 heavy (non-hydrogen) atoms. The number of hydrogen-bond acceptors (Lipinski definition) is 1. The van der Waals surface area contributed by atoms with Crippen molar-refractivity contribution in [2.45, 2.75) is 20.3 Å². The number of benzene rings is 1. The van der Waals surface area contributed by atoms with Gasteiger partial charge in [0.05, 0.1) is 6.33 Å². The maximum absolute atomic E-state index is 12.9. The molecule has 0 unspecified atom stereocenters. The van der Waals surface area contributed by atoms with E-state index >= 15 is 0 Å². The van der Waals surface area contributed by atoms with Crippen molar-refractivity contribution in [3.05, 3.63) is 53.9 Å². The maximum Gasteiger partial charge on any atom is 0.123 e. The number of rotatable bonds is 2. The fourth-order valence-electron chi connectivity index (χ4n) is 1.41. The molecule has 1 aromatic heterocycles. The topological polar surface area (TPSA) is 17.8 Å². The number of aryl methyl sites for hydroxylation is 1. The minimum absolute atomic E-state index is 0.190. The Morgan fingerprint density at radius 2 is 2.06 bits per heavy atom. The third-order valence-electron chi connectivity index (χ3n) is 2.19. The van der Waals surface area contributed by atoms with Crippen molar-refractivity contribution < 1.29 is 4.39 Å². The standard InChI is InChI=1S/C11H11FN2.C2H6/c1-14-8-13-7-11(14)6-9-3-2-4-10(12)5-9;1-2/h2-5,7-8H,6H2,1H3;1-2H3. The molecule has 0 N–H and O–H groups in total. The van der Waals surface area contributed by atoms with Crippen LogP contribution in [0.4, 0.5) is 4.39 Å². The first-order valence-electron chi connectivity index (χ1n) is 5.45. The van der Waals surface area contributed by atoms with Crippen LogP contribution >= 0.6 is 0 Å². The number of aromatic nitrogens is 2. The van der Waals surface area contributed by atoms with Crippen molar-refractivity contribution in [3.8, 4) is 0 Å². The van der Waals surface area contributed by atoms with Crippen molar-refractivity contribution in [2.24, 2.45) is 7.05 Å². The van der Waals surface area contributed by atoms with Crippen molar-refractivity contribution in [3.63, 3.8) is 0 Å². The van der Waals surface area contributed by atoms with Gasteiger partial charge in [0.15, 0.2) is 0 Å². The molecular weight excluding hydrogens is 203 g/mol. The van der Waals surface area contributed by atoms with Gasteiger partial charge >= 0.3 is 0 Å². The zero-order valence-electron chi connectivity index (χ0n) is 9.94. The van der Waals surface area contributed by atoms with Gasteiger partial charge in [-0.25, -0.2) is 9.37 Å². The molecule has 2 nitrogen and oxygen atoms in total. The Morgan fingerprint density at radius 1 is 1.31 bits per heavy atom. The molecule has 86 valence electrons. The summed E-state index contributed by atoms with van der Waals surface area (Å²) in [5, 5.41) is 0. The minimum Gasteiger partial charge on any atom is -0.337 e. The highest BCUT2D eigenvalue weighted by Gasteiger charge is 2.00. The SMILES string of the molecule is CC.Cn1cncc1Cc1cccc(F)c1. The number of hydrogen-bond donors (Lipinski definition) is 0. The van der Waals surface area contributed by atoms with Gasteiger partial charge in [0.1, 0.15) is 5.82 Å². The van der Waals surface area contributed by atoms with Crippen LogP contribution in [0.5, 0.6) is 0 Å². The van der Waals surface area contributed by atoms with Crippen molar-refractivity contribution in [2.75, 3.05) is 0 Å². The van der Waals surface area contributed by atoms with Crippen LogP contribution in [-0.4, -0.2) is 9.55 Å². The van der Waals surface area contributed by atoms with Crippen LogP contribution < -0.4 is 0 Å². The van der Waals surface area contributed by atoms with Crippen LogP contribution in [0.15, 0.2) is 36.8 Å². The predicted molar refractivity (Wildman–Crippen MR) is 63.8 cm³/mol. The van der Waals surface area contributed by atoms with Gasteiger partial charge in [-0.15, -0.1) is 0 Å². The first-order chi connectivity index (χ1) is 7.75. The summed E-state index contributed by atoms with van der Waals surface area (Å²) in [6, 6.07) is 6.64. The molecule has 0 saturated heterocycles. The summed E-state index contributed by atoms with van der Waals surface area (Å²) in [6.45, 7) is 4.00. The average Bonchev–Trinajstić information content (AvgIpc) is 2.68. The number of nitrogens with zero attached hydrogens (tertiary/aromatic N) is 2. The van der Waals surface area contributed by atoms with Crippen LogP contribution in [0.25, 0.3) is 0 Å². The molecule has 1 aromatic carbocycles. The molecular formula is C13H17FN2. The summed E-state index contributed by atoms with van der Waals surface area (Å²) in [5.74, 6) is -0.190. The number of halogens is 1. The van der Waals surface area contributed by atoms with Gasteiger partial charge in [-0.2, -0.15) is 0 Å². The van der Waals surface area contributed by atoms with Gasteiger partial charge in [0.25, 0.3) is 0 Å². The largest absolute Gasteiger partial charge is 0.337 e. The maximum atomic E-state index is 12.9. The van der Waals surface area contributed by atoms with Crippen LogP contribution in [0.1, 0.15) is 25.1 Å². The summed E-state index contributed by atoms with van der Waals surface area (Å²) in [4.78, 5) is 4.01.